The second-order valence-electron chi connectivity index (χ2n) is 5.53. The van der Waals surface area contributed by atoms with Crippen LogP contribution in [0.15, 0.2) is 48.5 Å². The lowest BCUT2D eigenvalue weighted by Crippen LogP contribution is -2.36. The van der Waals surface area contributed by atoms with Gasteiger partial charge in [-0.25, -0.2) is 4.39 Å². The minimum absolute atomic E-state index is 0.138. The molecular weight excluding hydrogens is 309 g/mol. The summed E-state index contributed by atoms with van der Waals surface area (Å²) in [6, 6.07) is 13.6. The number of morpholine rings is 1. The molecule has 0 spiro atoms. The summed E-state index contributed by atoms with van der Waals surface area (Å²) in [5.41, 5.74) is 2.55. The maximum atomic E-state index is 12.9. The highest BCUT2D eigenvalue weighted by Crippen LogP contribution is 2.26. The number of ether oxygens (including phenoxy) is 1. The summed E-state index contributed by atoms with van der Waals surface area (Å²) in [4.78, 5) is 14.3. The summed E-state index contributed by atoms with van der Waals surface area (Å²) in [6.07, 6.45) is 0. The van der Waals surface area contributed by atoms with Crippen LogP contribution in [0.3, 0.4) is 0 Å². The van der Waals surface area contributed by atoms with Gasteiger partial charge in [0.05, 0.1) is 31.1 Å². The highest BCUT2D eigenvalue weighted by atomic mass is 19.1. The third kappa shape index (κ3) is 4.23. The minimum Gasteiger partial charge on any atom is -0.378 e. The van der Waals surface area contributed by atoms with Crippen molar-refractivity contribution in [3.05, 3.63) is 54.3 Å². The van der Waals surface area contributed by atoms with Gasteiger partial charge in [-0.1, -0.05) is 12.1 Å². The first kappa shape index (κ1) is 16.3. The molecule has 1 saturated heterocycles. The molecule has 1 aliphatic heterocycles. The number of nitrogens with zero attached hydrogens (tertiary/aromatic N) is 1. The van der Waals surface area contributed by atoms with Crippen molar-refractivity contribution >= 4 is 23.0 Å². The number of rotatable bonds is 5. The summed E-state index contributed by atoms with van der Waals surface area (Å²) in [5.74, 6) is -0.510. The van der Waals surface area contributed by atoms with Gasteiger partial charge in [-0.3, -0.25) is 4.79 Å². The van der Waals surface area contributed by atoms with Crippen LogP contribution in [0.4, 0.5) is 21.5 Å². The lowest BCUT2D eigenvalue weighted by molar-refractivity contribution is -0.114. The molecule has 6 heteroatoms. The van der Waals surface area contributed by atoms with Gasteiger partial charge >= 0.3 is 0 Å². The number of hydrogen-bond donors (Lipinski definition) is 2. The average molecular weight is 329 g/mol. The van der Waals surface area contributed by atoms with Gasteiger partial charge in [0.25, 0.3) is 0 Å². The molecule has 2 aromatic carbocycles. The van der Waals surface area contributed by atoms with Crippen molar-refractivity contribution in [2.24, 2.45) is 0 Å². The molecular formula is C18H20FN3O2. The molecule has 1 aliphatic rings. The first-order valence-electron chi connectivity index (χ1n) is 7.93. The Morgan fingerprint density at radius 2 is 1.79 bits per heavy atom. The van der Waals surface area contributed by atoms with E-state index in [1.54, 1.807) is 0 Å². The predicted octanol–water partition coefficient (Wildman–Crippen LogP) is 2.71. The maximum Gasteiger partial charge on any atom is 0.243 e. The number of carbonyl (C=O) groups excluding carboxylic acids is 1. The first-order chi connectivity index (χ1) is 11.7. The fraction of sp³-hybridized carbons (Fsp3) is 0.278. The molecule has 1 amide bonds. The number of amides is 1. The van der Waals surface area contributed by atoms with Crippen LogP contribution >= 0.6 is 0 Å². The number of benzene rings is 2. The quantitative estimate of drug-likeness (QED) is 0.886. The molecule has 0 saturated carbocycles. The fourth-order valence-corrected chi connectivity index (χ4v) is 2.62. The molecule has 0 aromatic heterocycles. The Bertz CT molecular complexity index is 685. The molecule has 1 fully saturated rings. The summed E-state index contributed by atoms with van der Waals surface area (Å²) in [7, 11) is 0. The number of hydrogen-bond acceptors (Lipinski definition) is 4. The van der Waals surface area contributed by atoms with Crippen molar-refractivity contribution in [1.29, 1.82) is 0 Å². The zero-order chi connectivity index (χ0) is 16.8. The van der Waals surface area contributed by atoms with Crippen LogP contribution in [-0.4, -0.2) is 38.8 Å². The normalized spacial score (nSPS) is 14.3. The molecule has 2 aromatic rings. The van der Waals surface area contributed by atoms with E-state index in [9.17, 15) is 9.18 Å². The lowest BCUT2D eigenvalue weighted by atomic mass is 10.2. The third-order valence-electron chi connectivity index (χ3n) is 3.82. The van der Waals surface area contributed by atoms with Gasteiger partial charge in [-0.2, -0.15) is 0 Å². The smallest absolute Gasteiger partial charge is 0.243 e. The van der Waals surface area contributed by atoms with Crippen LogP contribution in [0.25, 0.3) is 0 Å². The number of para-hydroxylation sites is 2. The number of halogens is 1. The van der Waals surface area contributed by atoms with Gasteiger partial charge in [0.2, 0.25) is 5.91 Å². The van der Waals surface area contributed by atoms with Crippen LogP contribution in [0.1, 0.15) is 0 Å². The minimum atomic E-state index is -0.328. The second-order valence-corrected chi connectivity index (χ2v) is 5.53. The topological polar surface area (TPSA) is 53.6 Å². The molecule has 2 N–H and O–H groups in total. The van der Waals surface area contributed by atoms with E-state index in [-0.39, 0.29) is 18.3 Å². The van der Waals surface area contributed by atoms with E-state index in [1.165, 1.54) is 24.3 Å². The van der Waals surface area contributed by atoms with Gasteiger partial charge in [-0.15, -0.1) is 0 Å². The van der Waals surface area contributed by atoms with Gasteiger partial charge in [0, 0.05) is 18.8 Å². The standard InChI is InChI=1S/C18H20FN3O2/c19-14-5-7-15(8-6-14)21-18(23)13-20-16-3-1-2-4-17(16)22-9-11-24-12-10-22/h1-8,20H,9-13H2,(H,21,23). The van der Waals surface area contributed by atoms with Crippen molar-refractivity contribution in [3.63, 3.8) is 0 Å². The van der Waals surface area contributed by atoms with Crippen molar-refractivity contribution < 1.29 is 13.9 Å². The molecule has 5 nitrogen and oxygen atoms in total. The Hall–Kier alpha value is -2.60. The van der Waals surface area contributed by atoms with Gasteiger partial charge in [0.15, 0.2) is 0 Å². The van der Waals surface area contributed by atoms with Crippen LogP contribution in [-0.2, 0) is 9.53 Å². The molecule has 0 atom stereocenters. The number of nitrogens with one attached hydrogen (secondary N) is 2. The SMILES string of the molecule is O=C(CNc1ccccc1N1CCOCC1)Nc1ccc(F)cc1. The fourth-order valence-electron chi connectivity index (χ4n) is 2.62. The molecule has 0 bridgehead atoms. The predicted molar refractivity (Wildman–Crippen MR) is 93.0 cm³/mol. The Morgan fingerprint density at radius 3 is 2.54 bits per heavy atom. The van der Waals surface area contributed by atoms with E-state index >= 15 is 0 Å². The van der Waals surface area contributed by atoms with Crippen LogP contribution < -0.4 is 15.5 Å². The molecule has 0 radical (unpaired) electrons. The van der Waals surface area contributed by atoms with E-state index in [4.69, 9.17) is 4.74 Å². The highest BCUT2D eigenvalue weighted by Gasteiger charge is 2.14. The average Bonchev–Trinajstić information content (AvgIpc) is 2.63. The second kappa shape index (κ2) is 7.79. The van der Waals surface area contributed by atoms with Crippen LogP contribution in [0, 0.1) is 5.82 Å². The Balaban J connectivity index is 1.59. The zero-order valence-electron chi connectivity index (χ0n) is 13.3. The van der Waals surface area contributed by atoms with E-state index in [0.717, 1.165) is 24.5 Å². The third-order valence-corrected chi connectivity index (χ3v) is 3.82. The van der Waals surface area contributed by atoms with Crippen molar-refractivity contribution in [1.82, 2.24) is 0 Å². The van der Waals surface area contributed by atoms with Gasteiger partial charge < -0.3 is 20.3 Å². The van der Waals surface area contributed by atoms with E-state index < -0.39 is 0 Å². The van der Waals surface area contributed by atoms with Crippen molar-refractivity contribution in [2.45, 2.75) is 0 Å². The number of carbonyl (C=O) groups is 1. The van der Waals surface area contributed by atoms with Crippen LogP contribution in [0.5, 0.6) is 0 Å². The van der Waals surface area contributed by atoms with Crippen LogP contribution in [0.2, 0.25) is 0 Å². The van der Waals surface area contributed by atoms with E-state index in [1.807, 2.05) is 24.3 Å². The monoisotopic (exact) mass is 329 g/mol. The Labute approximate surface area is 140 Å². The van der Waals surface area contributed by atoms with E-state index in [2.05, 4.69) is 15.5 Å². The highest BCUT2D eigenvalue weighted by molar-refractivity contribution is 5.94. The molecule has 0 unspecified atom stereocenters. The maximum absolute atomic E-state index is 12.9. The number of anilines is 3. The molecule has 1 heterocycles. The molecule has 3 rings (SSSR count). The molecule has 126 valence electrons. The van der Waals surface area contributed by atoms with Gasteiger partial charge in [-0.05, 0) is 36.4 Å². The first-order valence-corrected chi connectivity index (χ1v) is 7.93. The lowest BCUT2D eigenvalue weighted by Gasteiger charge is -2.30. The Kier molecular flexibility index (Phi) is 5.28. The van der Waals surface area contributed by atoms with Crippen molar-refractivity contribution in [2.75, 3.05) is 48.4 Å². The zero-order valence-corrected chi connectivity index (χ0v) is 13.3. The summed E-state index contributed by atoms with van der Waals surface area (Å²) in [5, 5.41) is 5.91. The summed E-state index contributed by atoms with van der Waals surface area (Å²) < 4.78 is 18.3. The summed E-state index contributed by atoms with van der Waals surface area (Å²) in [6.45, 7) is 3.22. The van der Waals surface area contributed by atoms with Gasteiger partial charge in [0.1, 0.15) is 5.82 Å². The summed E-state index contributed by atoms with van der Waals surface area (Å²) >= 11 is 0. The van der Waals surface area contributed by atoms with E-state index in [0.29, 0.717) is 18.9 Å². The molecule has 0 aliphatic carbocycles. The Morgan fingerprint density at radius 1 is 1.08 bits per heavy atom. The molecule has 24 heavy (non-hydrogen) atoms. The van der Waals surface area contributed by atoms with Crippen molar-refractivity contribution in [3.8, 4) is 0 Å². The largest absolute Gasteiger partial charge is 0.378 e.